The molecule has 25 heavy (non-hydrogen) atoms. The van der Waals surface area contributed by atoms with Crippen molar-refractivity contribution < 1.29 is 24.6 Å². The van der Waals surface area contributed by atoms with Gasteiger partial charge >= 0.3 is 18.0 Å². The number of benzene rings is 1. The maximum Gasteiger partial charge on any atom is 0.321 e. The first kappa shape index (κ1) is 18.5. The van der Waals surface area contributed by atoms with Crippen molar-refractivity contribution in [2.75, 3.05) is 24.5 Å². The first-order valence-corrected chi connectivity index (χ1v) is 7.81. The molecule has 1 aliphatic heterocycles. The molecule has 3 atom stereocenters. The molecule has 1 aromatic rings. The van der Waals surface area contributed by atoms with Gasteiger partial charge in [0.25, 0.3) is 0 Å². The molecule has 6 N–H and O–H groups in total. The third-order valence-corrected chi connectivity index (χ3v) is 4.44. The number of primary amides is 1. The van der Waals surface area contributed by atoms with Crippen LogP contribution in [0.3, 0.4) is 0 Å². The van der Waals surface area contributed by atoms with E-state index < -0.39 is 36.0 Å². The molecule has 0 radical (unpaired) electrons. The van der Waals surface area contributed by atoms with E-state index in [2.05, 4.69) is 0 Å². The van der Waals surface area contributed by atoms with Crippen LogP contribution >= 0.6 is 0 Å². The first-order chi connectivity index (χ1) is 11.7. The number of piperazine rings is 1. The highest BCUT2D eigenvalue weighted by Crippen LogP contribution is 2.25. The number of carboxylic acids is 2. The monoisotopic (exact) mass is 350 g/mol. The van der Waals surface area contributed by atoms with E-state index >= 15 is 0 Å². The van der Waals surface area contributed by atoms with Crippen LogP contribution in [-0.4, -0.2) is 64.8 Å². The second-order valence-electron chi connectivity index (χ2n) is 6.11. The number of carbonyl (C=O) groups excluding carboxylic acids is 1. The van der Waals surface area contributed by atoms with Crippen LogP contribution < -0.4 is 16.4 Å². The second-order valence-corrected chi connectivity index (χ2v) is 6.11. The number of rotatable bonds is 5. The van der Waals surface area contributed by atoms with Gasteiger partial charge in [0.05, 0.1) is 6.04 Å². The first-order valence-electron chi connectivity index (χ1n) is 7.81. The largest absolute Gasteiger partial charge is 0.481 e. The molecular weight excluding hydrogens is 328 g/mol. The molecular formula is C16H22N4O5. The molecule has 1 fully saturated rings. The highest BCUT2D eigenvalue weighted by Gasteiger charge is 2.44. The van der Waals surface area contributed by atoms with Crippen LogP contribution in [-0.2, 0) is 9.59 Å². The Kier molecular flexibility index (Phi) is 5.48. The van der Waals surface area contributed by atoms with Crippen LogP contribution in [0.4, 0.5) is 10.5 Å². The summed E-state index contributed by atoms with van der Waals surface area (Å²) in [4.78, 5) is 37.7. The zero-order valence-corrected chi connectivity index (χ0v) is 13.8. The number of hydrogen-bond acceptors (Lipinski definition) is 5. The lowest BCUT2D eigenvalue weighted by Crippen LogP contribution is -2.64. The van der Waals surface area contributed by atoms with Crippen LogP contribution in [0, 0.1) is 12.8 Å². The number of nitrogens with two attached hydrogens (primary N) is 2. The standard InChI is InChI=1S/C16H22N4O5/c1-9-3-2-4-10(7-9)19-5-6-20(16(18)25)11(8-19)12(14(21)22)13(17)15(23)24/h2-4,7,11-13H,5-6,8,17H2,1H3,(H2,18,25)(H,21,22)(H,23,24)/t11?,12?,13-/m0/s1. The minimum absolute atomic E-state index is 0.129. The van der Waals surface area contributed by atoms with Crippen molar-refractivity contribution >= 4 is 23.7 Å². The molecule has 2 unspecified atom stereocenters. The highest BCUT2D eigenvalue weighted by molar-refractivity contribution is 5.84. The van der Waals surface area contributed by atoms with E-state index in [1.165, 1.54) is 4.90 Å². The Hall–Kier alpha value is -2.81. The van der Waals surface area contributed by atoms with Crippen LogP contribution in [0.5, 0.6) is 0 Å². The highest BCUT2D eigenvalue weighted by atomic mass is 16.4. The Labute approximate surface area is 144 Å². The molecule has 9 heteroatoms. The molecule has 0 spiro atoms. The summed E-state index contributed by atoms with van der Waals surface area (Å²) in [7, 11) is 0. The molecule has 1 heterocycles. The van der Waals surface area contributed by atoms with Gasteiger partial charge in [0.1, 0.15) is 12.0 Å². The van der Waals surface area contributed by atoms with E-state index in [4.69, 9.17) is 16.6 Å². The van der Waals surface area contributed by atoms with E-state index in [0.717, 1.165) is 11.3 Å². The Morgan fingerprint density at radius 1 is 1.20 bits per heavy atom. The quantitative estimate of drug-likeness (QED) is 0.568. The topological polar surface area (TPSA) is 150 Å². The lowest BCUT2D eigenvalue weighted by atomic mass is 9.89. The maximum absolute atomic E-state index is 11.7. The van der Waals surface area contributed by atoms with Crippen molar-refractivity contribution in [3.05, 3.63) is 29.8 Å². The molecule has 1 aliphatic rings. The number of amides is 2. The van der Waals surface area contributed by atoms with E-state index in [1.807, 2.05) is 36.1 Å². The summed E-state index contributed by atoms with van der Waals surface area (Å²) in [6, 6.07) is 4.22. The van der Waals surface area contributed by atoms with Crippen molar-refractivity contribution in [3.8, 4) is 0 Å². The maximum atomic E-state index is 11.7. The van der Waals surface area contributed by atoms with Crippen LogP contribution in [0.1, 0.15) is 5.56 Å². The summed E-state index contributed by atoms with van der Waals surface area (Å²) < 4.78 is 0. The molecule has 0 bridgehead atoms. The lowest BCUT2D eigenvalue weighted by Gasteiger charge is -2.44. The fraction of sp³-hybridized carbons (Fsp3) is 0.438. The van der Waals surface area contributed by atoms with Crippen LogP contribution in [0.25, 0.3) is 0 Å². The molecule has 0 aromatic heterocycles. The fourth-order valence-corrected chi connectivity index (χ4v) is 3.16. The number of urea groups is 1. The Bertz CT molecular complexity index is 680. The molecule has 9 nitrogen and oxygen atoms in total. The minimum atomic E-state index is -1.65. The van der Waals surface area contributed by atoms with Gasteiger partial charge in [-0.3, -0.25) is 9.59 Å². The number of nitrogens with zero attached hydrogens (tertiary/aromatic N) is 2. The minimum Gasteiger partial charge on any atom is -0.481 e. The van der Waals surface area contributed by atoms with Crippen molar-refractivity contribution in [2.24, 2.45) is 17.4 Å². The average Bonchev–Trinajstić information content (AvgIpc) is 2.54. The third kappa shape index (κ3) is 4.00. The molecule has 2 amide bonds. The zero-order chi connectivity index (χ0) is 18.7. The predicted molar refractivity (Wildman–Crippen MR) is 90.2 cm³/mol. The Morgan fingerprint density at radius 2 is 1.88 bits per heavy atom. The summed E-state index contributed by atoms with van der Waals surface area (Å²) in [5, 5.41) is 18.6. The number of hydrogen-bond donors (Lipinski definition) is 4. The summed E-state index contributed by atoms with van der Waals surface area (Å²) in [6.07, 6.45) is 0. The fourth-order valence-electron chi connectivity index (χ4n) is 3.16. The summed E-state index contributed by atoms with van der Waals surface area (Å²) in [5.41, 5.74) is 12.8. The SMILES string of the molecule is Cc1cccc(N2CCN(C(N)=O)C(C(C(=O)O)[C@H](N)C(=O)O)C2)c1. The van der Waals surface area contributed by atoms with Crippen molar-refractivity contribution in [1.82, 2.24) is 4.90 Å². The molecule has 136 valence electrons. The number of aliphatic carboxylic acids is 2. The lowest BCUT2D eigenvalue weighted by molar-refractivity contribution is -0.152. The Balaban J connectivity index is 2.36. The number of carboxylic acid groups (broad SMARTS) is 2. The van der Waals surface area contributed by atoms with E-state index in [-0.39, 0.29) is 13.1 Å². The average molecular weight is 350 g/mol. The van der Waals surface area contributed by atoms with Gasteiger partial charge < -0.3 is 31.5 Å². The van der Waals surface area contributed by atoms with Crippen molar-refractivity contribution in [3.63, 3.8) is 0 Å². The van der Waals surface area contributed by atoms with Gasteiger partial charge in [-0.1, -0.05) is 12.1 Å². The van der Waals surface area contributed by atoms with Gasteiger partial charge in [-0.15, -0.1) is 0 Å². The van der Waals surface area contributed by atoms with Crippen LogP contribution in [0.15, 0.2) is 24.3 Å². The van der Waals surface area contributed by atoms with Gasteiger partial charge in [-0.25, -0.2) is 4.79 Å². The van der Waals surface area contributed by atoms with Crippen molar-refractivity contribution in [1.29, 1.82) is 0 Å². The van der Waals surface area contributed by atoms with Crippen LogP contribution in [0.2, 0.25) is 0 Å². The van der Waals surface area contributed by atoms with E-state index in [0.29, 0.717) is 6.54 Å². The van der Waals surface area contributed by atoms with E-state index in [1.54, 1.807) is 0 Å². The number of carbonyl (C=O) groups is 3. The number of aryl methyl sites for hydroxylation is 1. The Morgan fingerprint density at radius 3 is 2.40 bits per heavy atom. The molecule has 1 saturated heterocycles. The smallest absolute Gasteiger partial charge is 0.321 e. The molecule has 2 rings (SSSR count). The number of anilines is 1. The normalized spacial score (nSPS) is 20.0. The predicted octanol–water partition coefficient (Wildman–Crippen LogP) is -0.323. The third-order valence-electron chi connectivity index (χ3n) is 4.44. The van der Waals surface area contributed by atoms with E-state index in [9.17, 15) is 19.5 Å². The summed E-state index contributed by atoms with van der Waals surface area (Å²) in [6.45, 7) is 2.70. The van der Waals surface area contributed by atoms with Crippen molar-refractivity contribution in [2.45, 2.75) is 19.0 Å². The summed E-state index contributed by atoms with van der Waals surface area (Å²) >= 11 is 0. The van der Waals surface area contributed by atoms with Gasteiger partial charge in [0.2, 0.25) is 0 Å². The van der Waals surface area contributed by atoms with Gasteiger partial charge in [-0.05, 0) is 24.6 Å². The zero-order valence-electron chi connectivity index (χ0n) is 13.8. The van der Waals surface area contributed by atoms with Gasteiger partial charge in [0, 0.05) is 25.3 Å². The molecule has 1 aromatic carbocycles. The molecule has 0 saturated carbocycles. The van der Waals surface area contributed by atoms with Gasteiger partial charge in [-0.2, -0.15) is 0 Å². The van der Waals surface area contributed by atoms with Gasteiger partial charge in [0.15, 0.2) is 0 Å². The summed E-state index contributed by atoms with van der Waals surface area (Å²) in [5.74, 6) is -4.29. The molecule has 0 aliphatic carbocycles. The second kappa shape index (κ2) is 7.39.